The van der Waals surface area contributed by atoms with Crippen LogP contribution in [-0.4, -0.2) is 49.0 Å². The summed E-state index contributed by atoms with van der Waals surface area (Å²) in [5.41, 5.74) is 7.66. The molecule has 1 aliphatic rings. The lowest BCUT2D eigenvalue weighted by molar-refractivity contribution is 0.101. The molecule has 8 nitrogen and oxygen atoms in total. The van der Waals surface area contributed by atoms with E-state index < -0.39 is 6.10 Å². The van der Waals surface area contributed by atoms with Crippen LogP contribution in [0.4, 0.5) is 5.95 Å². The van der Waals surface area contributed by atoms with E-state index in [-0.39, 0.29) is 24.5 Å². The number of nitrogen functional groups attached to an aromatic ring is 1. The van der Waals surface area contributed by atoms with Gasteiger partial charge in [-0.1, -0.05) is 19.9 Å². The van der Waals surface area contributed by atoms with Crippen LogP contribution in [0.3, 0.4) is 0 Å². The Bertz CT molecular complexity index is 745. The SMILES string of the molecule is C=C1[C@H](CO)[C@@H](O)C[C@@H]1n1cnc2c(OCCCC)nc(N)nc21. The number of aliphatic hydroxyl groups is 2. The van der Waals surface area contributed by atoms with Crippen LogP contribution in [0.1, 0.15) is 32.2 Å². The van der Waals surface area contributed by atoms with Gasteiger partial charge in [0, 0.05) is 5.92 Å². The number of aliphatic hydroxyl groups excluding tert-OH is 2. The quantitative estimate of drug-likeness (QED) is 0.534. The van der Waals surface area contributed by atoms with E-state index in [0.29, 0.717) is 30.1 Å². The van der Waals surface area contributed by atoms with Gasteiger partial charge >= 0.3 is 0 Å². The van der Waals surface area contributed by atoms with Gasteiger partial charge in [0.2, 0.25) is 11.8 Å². The van der Waals surface area contributed by atoms with Crippen LogP contribution >= 0.6 is 0 Å². The molecule has 0 amide bonds. The molecule has 1 saturated carbocycles. The first-order chi connectivity index (χ1) is 11.6. The van der Waals surface area contributed by atoms with Gasteiger partial charge in [0.1, 0.15) is 0 Å². The van der Waals surface area contributed by atoms with E-state index in [1.165, 1.54) is 0 Å². The van der Waals surface area contributed by atoms with E-state index in [4.69, 9.17) is 10.5 Å². The lowest BCUT2D eigenvalue weighted by Gasteiger charge is -2.16. The number of ether oxygens (including phenoxy) is 1. The minimum atomic E-state index is -0.635. The van der Waals surface area contributed by atoms with Crippen LogP contribution in [-0.2, 0) is 0 Å². The third-order valence-corrected chi connectivity index (χ3v) is 4.51. The summed E-state index contributed by atoms with van der Waals surface area (Å²) < 4.78 is 7.51. The molecule has 3 rings (SSSR count). The van der Waals surface area contributed by atoms with Gasteiger partial charge in [-0.25, -0.2) is 4.98 Å². The molecule has 0 radical (unpaired) electrons. The maximum Gasteiger partial charge on any atom is 0.247 e. The lowest BCUT2D eigenvalue weighted by Crippen LogP contribution is -2.17. The number of hydrogen-bond donors (Lipinski definition) is 3. The molecule has 2 aromatic rings. The zero-order valence-electron chi connectivity index (χ0n) is 13.7. The Hall–Kier alpha value is -2.19. The van der Waals surface area contributed by atoms with Crippen LogP contribution < -0.4 is 10.5 Å². The Balaban J connectivity index is 1.97. The van der Waals surface area contributed by atoms with Crippen LogP contribution in [0, 0.1) is 5.92 Å². The van der Waals surface area contributed by atoms with Gasteiger partial charge in [0.25, 0.3) is 0 Å². The fourth-order valence-corrected chi connectivity index (χ4v) is 3.12. The van der Waals surface area contributed by atoms with E-state index >= 15 is 0 Å². The predicted molar refractivity (Wildman–Crippen MR) is 89.5 cm³/mol. The average molecular weight is 333 g/mol. The van der Waals surface area contributed by atoms with Gasteiger partial charge in [-0.15, -0.1) is 0 Å². The van der Waals surface area contributed by atoms with Gasteiger partial charge in [-0.05, 0) is 18.4 Å². The largest absolute Gasteiger partial charge is 0.476 e. The van der Waals surface area contributed by atoms with Gasteiger partial charge < -0.3 is 25.3 Å². The third kappa shape index (κ3) is 2.83. The zero-order chi connectivity index (χ0) is 17.3. The maximum atomic E-state index is 10.1. The predicted octanol–water partition coefficient (Wildman–Crippen LogP) is 1.06. The van der Waals surface area contributed by atoms with Crippen LogP contribution in [0.5, 0.6) is 5.88 Å². The normalized spacial score (nSPS) is 24.0. The first-order valence-corrected chi connectivity index (χ1v) is 8.17. The van der Waals surface area contributed by atoms with Crippen molar-refractivity contribution in [1.29, 1.82) is 0 Å². The van der Waals surface area contributed by atoms with Gasteiger partial charge in [-0.3, -0.25) is 0 Å². The number of nitrogens with two attached hydrogens (primary N) is 1. The Morgan fingerprint density at radius 2 is 2.25 bits per heavy atom. The van der Waals surface area contributed by atoms with Crippen molar-refractivity contribution in [3.63, 3.8) is 0 Å². The van der Waals surface area contributed by atoms with Crippen LogP contribution in [0.2, 0.25) is 0 Å². The third-order valence-electron chi connectivity index (χ3n) is 4.51. The average Bonchev–Trinajstić information content (AvgIpc) is 3.08. The molecular weight excluding hydrogens is 310 g/mol. The minimum absolute atomic E-state index is 0.110. The van der Waals surface area contributed by atoms with E-state index in [1.807, 2.05) is 4.57 Å². The molecule has 1 aliphatic carbocycles. The molecule has 2 heterocycles. The van der Waals surface area contributed by atoms with E-state index in [2.05, 4.69) is 28.5 Å². The number of imidazole rings is 1. The molecule has 4 N–H and O–H groups in total. The molecule has 2 aromatic heterocycles. The van der Waals surface area contributed by atoms with Crippen molar-refractivity contribution in [1.82, 2.24) is 19.5 Å². The first kappa shape index (κ1) is 16.7. The molecule has 0 aromatic carbocycles. The van der Waals surface area contributed by atoms with E-state index in [1.54, 1.807) is 6.33 Å². The second kappa shape index (κ2) is 6.74. The van der Waals surface area contributed by atoms with Crippen LogP contribution in [0.25, 0.3) is 11.2 Å². The van der Waals surface area contributed by atoms with Crippen molar-refractivity contribution < 1.29 is 14.9 Å². The molecule has 24 heavy (non-hydrogen) atoms. The van der Waals surface area contributed by atoms with E-state index in [9.17, 15) is 10.2 Å². The molecule has 0 bridgehead atoms. The maximum absolute atomic E-state index is 10.1. The number of nitrogens with zero attached hydrogens (tertiary/aromatic N) is 4. The van der Waals surface area contributed by atoms with Crippen molar-refractivity contribution >= 4 is 17.1 Å². The molecular formula is C16H23N5O3. The molecule has 3 atom stereocenters. The molecule has 1 fully saturated rings. The van der Waals surface area contributed by atoms with Crippen molar-refractivity contribution in [3.05, 3.63) is 18.5 Å². The van der Waals surface area contributed by atoms with Gasteiger partial charge in [-0.2, -0.15) is 9.97 Å². The van der Waals surface area contributed by atoms with Gasteiger partial charge in [0.05, 0.1) is 31.7 Å². The summed E-state index contributed by atoms with van der Waals surface area (Å²) in [6, 6.07) is -0.194. The van der Waals surface area contributed by atoms with Crippen molar-refractivity contribution in [2.75, 3.05) is 18.9 Å². The number of unbranched alkanes of at least 4 members (excludes halogenated alkanes) is 1. The molecule has 0 saturated heterocycles. The standard InChI is InChI=1S/C16H23N5O3/c1-3-4-5-24-15-13-14(19-16(17)20-15)21(8-18-13)11-6-12(23)10(7-22)9(11)2/h8,10-12,22-23H,2-7H2,1H3,(H2,17,19,20)/t10-,11-,12-/m0/s1. The highest BCUT2D eigenvalue weighted by Crippen LogP contribution is 2.40. The second-order valence-electron chi connectivity index (χ2n) is 6.10. The summed E-state index contributed by atoms with van der Waals surface area (Å²) in [5, 5.41) is 19.5. The monoisotopic (exact) mass is 333 g/mol. The second-order valence-corrected chi connectivity index (χ2v) is 6.10. The Kier molecular flexibility index (Phi) is 4.68. The summed E-state index contributed by atoms with van der Waals surface area (Å²) in [6.07, 6.45) is 3.37. The number of rotatable bonds is 6. The summed E-state index contributed by atoms with van der Waals surface area (Å²) in [4.78, 5) is 12.8. The zero-order valence-corrected chi connectivity index (χ0v) is 13.7. The lowest BCUT2D eigenvalue weighted by atomic mass is 10.0. The van der Waals surface area contributed by atoms with Crippen molar-refractivity contribution in [2.24, 2.45) is 5.92 Å². The van der Waals surface area contributed by atoms with Gasteiger partial charge in [0.15, 0.2) is 11.2 Å². The molecule has 0 aliphatic heterocycles. The summed E-state index contributed by atoms with van der Waals surface area (Å²) in [6.45, 7) is 6.52. The number of anilines is 1. The number of fused-ring (bicyclic) bond motifs is 1. The van der Waals surface area contributed by atoms with Crippen molar-refractivity contribution in [2.45, 2.75) is 38.3 Å². The fourth-order valence-electron chi connectivity index (χ4n) is 3.12. The number of aromatic nitrogens is 4. The highest BCUT2D eigenvalue weighted by molar-refractivity contribution is 5.77. The molecule has 130 valence electrons. The Morgan fingerprint density at radius 3 is 2.92 bits per heavy atom. The molecule has 0 unspecified atom stereocenters. The van der Waals surface area contributed by atoms with Crippen LogP contribution in [0.15, 0.2) is 18.5 Å². The Morgan fingerprint density at radius 1 is 1.46 bits per heavy atom. The van der Waals surface area contributed by atoms with Crippen molar-refractivity contribution in [3.8, 4) is 5.88 Å². The first-order valence-electron chi connectivity index (χ1n) is 8.17. The topological polar surface area (TPSA) is 119 Å². The summed E-state index contributed by atoms with van der Waals surface area (Å²) in [5.74, 6) is 0.137. The number of hydrogen-bond acceptors (Lipinski definition) is 7. The summed E-state index contributed by atoms with van der Waals surface area (Å²) in [7, 11) is 0. The van der Waals surface area contributed by atoms with E-state index in [0.717, 1.165) is 18.4 Å². The molecule has 8 heteroatoms. The fraction of sp³-hybridized carbons (Fsp3) is 0.562. The molecule has 0 spiro atoms. The highest BCUT2D eigenvalue weighted by atomic mass is 16.5. The summed E-state index contributed by atoms with van der Waals surface area (Å²) >= 11 is 0. The Labute approximate surface area is 140 Å². The minimum Gasteiger partial charge on any atom is -0.476 e. The smallest absolute Gasteiger partial charge is 0.247 e. The highest BCUT2D eigenvalue weighted by Gasteiger charge is 2.38.